The summed E-state index contributed by atoms with van der Waals surface area (Å²) < 4.78 is 0. The molecule has 32 heavy (non-hydrogen) atoms. The first-order valence-electron chi connectivity index (χ1n) is 11.6. The van der Waals surface area contributed by atoms with Crippen LogP contribution in [0.3, 0.4) is 0 Å². The molecule has 4 aliphatic heterocycles. The number of amides is 3. The van der Waals surface area contributed by atoms with Crippen molar-refractivity contribution in [2.75, 3.05) is 22.9 Å². The molecule has 3 fully saturated rings. The zero-order valence-corrected chi connectivity index (χ0v) is 18.7. The Morgan fingerprint density at radius 3 is 2.53 bits per heavy atom. The minimum absolute atomic E-state index is 0.0521. The molecule has 4 aliphatic rings. The predicted molar refractivity (Wildman–Crippen MR) is 121 cm³/mol. The van der Waals surface area contributed by atoms with E-state index in [4.69, 9.17) is 0 Å². The first-order chi connectivity index (χ1) is 15.4. The number of imide groups is 1. The first-order valence-corrected chi connectivity index (χ1v) is 11.6. The summed E-state index contributed by atoms with van der Waals surface area (Å²) in [4.78, 5) is 47.3. The number of carbonyl (C=O) groups is 3. The van der Waals surface area contributed by atoms with Crippen LogP contribution in [0.25, 0.3) is 0 Å². The van der Waals surface area contributed by atoms with Crippen LogP contribution in [0.2, 0.25) is 0 Å². The number of likely N-dealkylation sites (N-methyl/N-ethyl adjacent to an activating group) is 1. The quantitative estimate of drug-likeness (QED) is 0.688. The lowest BCUT2D eigenvalue weighted by molar-refractivity contribution is -0.137. The fourth-order valence-electron chi connectivity index (χ4n) is 6.77. The average molecular weight is 430 g/mol. The molecular formula is C26H27N3O3. The number of anilines is 2. The number of aryl methyl sites for hydroxylation is 2. The van der Waals surface area contributed by atoms with Gasteiger partial charge in [0.05, 0.1) is 17.5 Å². The van der Waals surface area contributed by atoms with Crippen molar-refractivity contribution < 1.29 is 14.4 Å². The van der Waals surface area contributed by atoms with Gasteiger partial charge in [0, 0.05) is 23.8 Å². The summed E-state index contributed by atoms with van der Waals surface area (Å²) in [6.45, 7) is 7.24. The lowest BCUT2D eigenvalue weighted by Gasteiger charge is -2.37. The highest BCUT2D eigenvalue weighted by atomic mass is 16.2. The van der Waals surface area contributed by atoms with E-state index in [-0.39, 0.29) is 23.8 Å². The molecule has 2 aromatic carbocycles. The maximum absolute atomic E-state index is 14.1. The van der Waals surface area contributed by atoms with E-state index in [2.05, 4.69) is 4.90 Å². The van der Waals surface area contributed by atoms with E-state index in [1.807, 2.05) is 63.2 Å². The van der Waals surface area contributed by atoms with Gasteiger partial charge in [0.15, 0.2) is 0 Å². The first kappa shape index (κ1) is 19.7. The van der Waals surface area contributed by atoms with Crippen LogP contribution < -0.4 is 9.80 Å². The van der Waals surface area contributed by atoms with Gasteiger partial charge in [0.25, 0.3) is 5.91 Å². The van der Waals surface area contributed by atoms with E-state index < -0.39 is 17.4 Å². The van der Waals surface area contributed by atoms with E-state index in [1.165, 1.54) is 4.90 Å². The second-order valence-corrected chi connectivity index (χ2v) is 9.52. The van der Waals surface area contributed by atoms with Gasteiger partial charge in [-0.1, -0.05) is 24.3 Å². The Bertz CT molecular complexity index is 1190. The highest BCUT2D eigenvalue weighted by molar-refractivity contribution is 6.26. The SMILES string of the molecule is CCN1C(=O)[C@]2(c3ccccc31)[C@@H]1C(=O)N(c3ccc(C)c(C)c3)C(=O)[C@@H]1[C@H]1CCCN12. The van der Waals surface area contributed by atoms with E-state index >= 15 is 0 Å². The van der Waals surface area contributed by atoms with E-state index in [1.54, 1.807) is 4.90 Å². The van der Waals surface area contributed by atoms with Crippen molar-refractivity contribution in [3.05, 3.63) is 59.2 Å². The van der Waals surface area contributed by atoms with Gasteiger partial charge in [0.2, 0.25) is 11.8 Å². The standard InChI is InChI=1S/C26H27N3O3/c1-4-27-19-9-6-5-8-18(19)26(25(27)32)22-21(20-10-7-13-28(20)26)23(30)29(24(22)31)17-12-11-15(2)16(3)14-17/h5-6,8-9,11-12,14,20-22H,4,7,10,13H2,1-3H3/t20-,21-,22+,26+/m1/s1. The Kier molecular flexibility index (Phi) is 4.01. The zero-order valence-electron chi connectivity index (χ0n) is 18.7. The molecule has 6 nitrogen and oxygen atoms in total. The molecule has 0 radical (unpaired) electrons. The van der Waals surface area contributed by atoms with Crippen molar-refractivity contribution in [2.24, 2.45) is 11.8 Å². The summed E-state index contributed by atoms with van der Waals surface area (Å²) in [7, 11) is 0. The van der Waals surface area contributed by atoms with Crippen LogP contribution in [-0.4, -0.2) is 41.8 Å². The molecule has 0 aliphatic carbocycles. The molecule has 3 saturated heterocycles. The highest BCUT2D eigenvalue weighted by Gasteiger charge is 2.75. The van der Waals surface area contributed by atoms with Crippen LogP contribution in [0.15, 0.2) is 42.5 Å². The lowest BCUT2D eigenvalue weighted by atomic mass is 9.75. The van der Waals surface area contributed by atoms with Gasteiger partial charge >= 0.3 is 0 Å². The molecule has 1 spiro atoms. The minimum Gasteiger partial charge on any atom is -0.310 e. The fraction of sp³-hybridized carbons (Fsp3) is 0.423. The number of para-hydroxylation sites is 1. The Hall–Kier alpha value is -2.99. The summed E-state index contributed by atoms with van der Waals surface area (Å²) in [6.07, 6.45) is 1.77. The molecule has 0 unspecified atom stereocenters. The maximum Gasteiger partial charge on any atom is 0.253 e. The van der Waals surface area contributed by atoms with E-state index in [9.17, 15) is 14.4 Å². The second-order valence-electron chi connectivity index (χ2n) is 9.52. The topological polar surface area (TPSA) is 60.9 Å². The third-order valence-electron chi connectivity index (χ3n) is 8.21. The molecule has 6 heteroatoms. The Morgan fingerprint density at radius 2 is 1.78 bits per heavy atom. The highest BCUT2D eigenvalue weighted by Crippen LogP contribution is 2.61. The van der Waals surface area contributed by atoms with Gasteiger partial charge < -0.3 is 4.90 Å². The molecule has 0 saturated carbocycles. The number of hydrogen-bond acceptors (Lipinski definition) is 4. The van der Waals surface area contributed by atoms with Crippen LogP contribution >= 0.6 is 0 Å². The third-order valence-corrected chi connectivity index (χ3v) is 8.21. The van der Waals surface area contributed by atoms with Gasteiger partial charge in [0.1, 0.15) is 5.54 Å². The van der Waals surface area contributed by atoms with Gasteiger partial charge in [-0.05, 0) is 69.5 Å². The van der Waals surface area contributed by atoms with Crippen LogP contribution in [0.1, 0.15) is 36.5 Å². The molecule has 164 valence electrons. The number of hydrogen-bond donors (Lipinski definition) is 0. The van der Waals surface area contributed by atoms with Crippen molar-refractivity contribution in [2.45, 2.75) is 45.2 Å². The van der Waals surface area contributed by atoms with Gasteiger partial charge in [-0.2, -0.15) is 0 Å². The van der Waals surface area contributed by atoms with Gasteiger partial charge in [-0.25, -0.2) is 4.90 Å². The summed E-state index contributed by atoms with van der Waals surface area (Å²) in [6, 6.07) is 13.4. The molecular weight excluding hydrogens is 402 g/mol. The largest absolute Gasteiger partial charge is 0.310 e. The second kappa shape index (κ2) is 6.51. The summed E-state index contributed by atoms with van der Waals surface area (Å²) in [5, 5.41) is 0. The van der Waals surface area contributed by atoms with Crippen molar-refractivity contribution in [1.82, 2.24) is 4.90 Å². The zero-order chi connectivity index (χ0) is 22.4. The maximum atomic E-state index is 14.1. The van der Waals surface area contributed by atoms with Gasteiger partial charge in [-0.15, -0.1) is 0 Å². The number of rotatable bonds is 2. The van der Waals surface area contributed by atoms with Crippen LogP contribution in [-0.2, 0) is 19.9 Å². The Balaban J connectivity index is 1.56. The van der Waals surface area contributed by atoms with Crippen LogP contribution in [0.5, 0.6) is 0 Å². The molecule has 0 bridgehead atoms. The number of nitrogens with zero attached hydrogens (tertiary/aromatic N) is 3. The minimum atomic E-state index is -1.08. The monoisotopic (exact) mass is 429 g/mol. The molecule has 2 aromatic rings. The van der Waals surface area contributed by atoms with Crippen molar-refractivity contribution in [3.63, 3.8) is 0 Å². The predicted octanol–water partition coefficient (Wildman–Crippen LogP) is 3.15. The number of benzene rings is 2. The number of fused-ring (bicyclic) bond motifs is 7. The summed E-state index contributed by atoms with van der Waals surface area (Å²) >= 11 is 0. The average Bonchev–Trinajstić information content (AvgIpc) is 3.48. The number of carbonyl (C=O) groups excluding carboxylic acids is 3. The van der Waals surface area contributed by atoms with Crippen LogP contribution in [0.4, 0.5) is 11.4 Å². The Labute approximate surface area is 187 Å². The van der Waals surface area contributed by atoms with E-state index in [0.717, 1.165) is 41.8 Å². The normalized spacial score (nSPS) is 31.1. The molecule has 4 atom stereocenters. The molecule has 6 rings (SSSR count). The molecule has 3 amide bonds. The van der Waals surface area contributed by atoms with Gasteiger partial charge in [-0.3, -0.25) is 19.3 Å². The smallest absolute Gasteiger partial charge is 0.253 e. The summed E-state index contributed by atoms with van der Waals surface area (Å²) in [5.74, 6) is -1.62. The van der Waals surface area contributed by atoms with Crippen molar-refractivity contribution >= 4 is 29.1 Å². The molecule has 0 N–H and O–H groups in total. The Morgan fingerprint density at radius 1 is 1.00 bits per heavy atom. The molecule has 4 heterocycles. The van der Waals surface area contributed by atoms with Crippen molar-refractivity contribution in [1.29, 1.82) is 0 Å². The van der Waals surface area contributed by atoms with Crippen LogP contribution in [0, 0.1) is 25.7 Å². The van der Waals surface area contributed by atoms with Crippen molar-refractivity contribution in [3.8, 4) is 0 Å². The molecule has 0 aromatic heterocycles. The fourth-order valence-corrected chi connectivity index (χ4v) is 6.77. The lowest BCUT2D eigenvalue weighted by Crippen LogP contribution is -2.56. The van der Waals surface area contributed by atoms with E-state index in [0.29, 0.717) is 12.2 Å². The summed E-state index contributed by atoms with van der Waals surface area (Å²) in [5.41, 5.74) is 3.44. The third kappa shape index (κ3) is 2.11.